The van der Waals surface area contributed by atoms with Gasteiger partial charge < -0.3 is 25.4 Å². The molecule has 174 valence electrons. The summed E-state index contributed by atoms with van der Waals surface area (Å²) in [5.74, 6) is -0.882. The number of phenols is 1. The van der Waals surface area contributed by atoms with E-state index in [1.807, 2.05) is 13.8 Å². The van der Waals surface area contributed by atoms with Gasteiger partial charge in [-0.05, 0) is 46.6 Å². The highest BCUT2D eigenvalue weighted by Gasteiger charge is 2.35. The van der Waals surface area contributed by atoms with Gasteiger partial charge in [0.05, 0.1) is 0 Å². The maximum Gasteiger partial charge on any atom is 0.408 e. The summed E-state index contributed by atoms with van der Waals surface area (Å²) in [4.78, 5) is 39.9. The number of rotatable bonds is 10. The number of carbonyl (C=O) groups excluding carboxylic acids is 3. The highest BCUT2D eigenvalue weighted by atomic mass is 16.6. The first kappa shape index (κ1) is 26.3. The van der Waals surface area contributed by atoms with E-state index in [1.54, 1.807) is 45.9 Å². The minimum Gasteiger partial charge on any atom is -0.508 e. The normalized spacial score (nSPS) is 13.1. The summed E-state index contributed by atoms with van der Waals surface area (Å²) >= 11 is 0. The number of aromatic hydroxyl groups is 1. The molecule has 0 aromatic heterocycles. The number of hydrogen-bond acceptors (Lipinski definition) is 5. The van der Waals surface area contributed by atoms with E-state index >= 15 is 0 Å². The standard InChI is InChI=1S/C23H37N3O5/c1-7-9-14-24-20(28)19(17-12-10-11-13-18(17)27)26(15-8-2)21(29)16(3)25-22(30)31-23(4,5)6/h10-13,16,19,27H,7-9,14-15H2,1-6H3,(H,24,28)(H,25,30). The SMILES string of the molecule is CCCCNC(=O)C(c1ccccc1O)N(CCC)C(=O)C(C)NC(=O)OC(C)(C)C. The molecule has 0 heterocycles. The van der Waals surface area contributed by atoms with Crippen LogP contribution in [0, 0.1) is 0 Å². The summed E-state index contributed by atoms with van der Waals surface area (Å²) in [6, 6.07) is 4.54. The summed E-state index contributed by atoms with van der Waals surface area (Å²) < 4.78 is 5.24. The maximum absolute atomic E-state index is 13.3. The number of para-hydroxylation sites is 1. The Bertz CT molecular complexity index is 745. The quantitative estimate of drug-likeness (QED) is 0.488. The van der Waals surface area contributed by atoms with Gasteiger partial charge >= 0.3 is 6.09 Å². The second-order valence-corrected chi connectivity index (χ2v) is 8.51. The van der Waals surface area contributed by atoms with Gasteiger partial charge in [-0.15, -0.1) is 0 Å². The van der Waals surface area contributed by atoms with E-state index in [2.05, 4.69) is 10.6 Å². The van der Waals surface area contributed by atoms with Crippen molar-refractivity contribution in [3.63, 3.8) is 0 Å². The van der Waals surface area contributed by atoms with Gasteiger partial charge in [0.2, 0.25) is 11.8 Å². The van der Waals surface area contributed by atoms with Crippen LogP contribution in [0.4, 0.5) is 4.79 Å². The Labute approximate surface area is 185 Å². The number of hydrogen-bond donors (Lipinski definition) is 3. The lowest BCUT2D eigenvalue weighted by Gasteiger charge is -2.33. The molecule has 31 heavy (non-hydrogen) atoms. The van der Waals surface area contributed by atoms with E-state index in [4.69, 9.17) is 4.74 Å². The van der Waals surface area contributed by atoms with Gasteiger partial charge in [0, 0.05) is 18.7 Å². The number of phenolic OH excluding ortho intramolecular Hbond substituents is 1. The van der Waals surface area contributed by atoms with Crippen LogP contribution in [0.5, 0.6) is 5.75 Å². The van der Waals surface area contributed by atoms with Crippen LogP contribution in [0.1, 0.15) is 72.4 Å². The minimum atomic E-state index is -1.02. The topological polar surface area (TPSA) is 108 Å². The van der Waals surface area contributed by atoms with E-state index in [9.17, 15) is 19.5 Å². The molecule has 8 nitrogen and oxygen atoms in total. The largest absolute Gasteiger partial charge is 0.508 e. The van der Waals surface area contributed by atoms with E-state index in [1.165, 1.54) is 11.0 Å². The summed E-state index contributed by atoms with van der Waals surface area (Å²) in [6.45, 7) is 11.4. The van der Waals surface area contributed by atoms with Crippen LogP contribution >= 0.6 is 0 Å². The molecule has 2 atom stereocenters. The molecule has 0 aliphatic heterocycles. The lowest BCUT2D eigenvalue weighted by Crippen LogP contribution is -2.52. The maximum atomic E-state index is 13.3. The van der Waals surface area contributed by atoms with Crippen LogP contribution in [0.3, 0.4) is 0 Å². The highest BCUT2D eigenvalue weighted by molar-refractivity contribution is 5.92. The lowest BCUT2D eigenvalue weighted by atomic mass is 10.0. The van der Waals surface area contributed by atoms with Gasteiger partial charge in [0.25, 0.3) is 0 Å². The fourth-order valence-electron chi connectivity index (χ4n) is 3.06. The molecule has 1 aromatic carbocycles. The Hall–Kier alpha value is -2.77. The minimum absolute atomic E-state index is 0.0696. The van der Waals surface area contributed by atoms with Crippen molar-refractivity contribution in [3.05, 3.63) is 29.8 Å². The van der Waals surface area contributed by atoms with Crippen LogP contribution in [0.2, 0.25) is 0 Å². The Morgan fingerprint density at radius 3 is 2.32 bits per heavy atom. The molecule has 2 unspecified atom stereocenters. The summed E-state index contributed by atoms with van der Waals surface area (Å²) in [5, 5.41) is 15.8. The number of amides is 3. The molecule has 0 radical (unpaired) electrons. The van der Waals surface area contributed by atoms with E-state index in [0.717, 1.165) is 12.8 Å². The second-order valence-electron chi connectivity index (χ2n) is 8.51. The molecule has 0 saturated carbocycles. The Kier molecular flexibility index (Phi) is 10.3. The molecule has 0 aliphatic rings. The van der Waals surface area contributed by atoms with E-state index in [-0.39, 0.29) is 18.2 Å². The number of carbonyl (C=O) groups is 3. The smallest absolute Gasteiger partial charge is 0.408 e. The Morgan fingerprint density at radius 1 is 1.13 bits per heavy atom. The third-order valence-electron chi connectivity index (χ3n) is 4.47. The zero-order chi connectivity index (χ0) is 23.6. The van der Waals surface area contributed by atoms with Crippen LogP contribution in [0.25, 0.3) is 0 Å². The molecule has 1 aromatic rings. The first-order chi connectivity index (χ1) is 14.5. The molecule has 8 heteroatoms. The van der Waals surface area contributed by atoms with Crippen molar-refractivity contribution in [1.29, 1.82) is 0 Å². The first-order valence-corrected chi connectivity index (χ1v) is 10.9. The van der Waals surface area contributed by atoms with Gasteiger partial charge in [-0.2, -0.15) is 0 Å². The summed E-state index contributed by atoms with van der Waals surface area (Å²) in [7, 11) is 0. The molecule has 0 bridgehead atoms. The molecule has 0 spiro atoms. The average molecular weight is 436 g/mol. The first-order valence-electron chi connectivity index (χ1n) is 10.9. The summed E-state index contributed by atoms with van der Waals surface area (Å²) in [5.41, 5.74) is -0.365. The predicted molar refractivity (Wildman–Crippen MR) is 120 cm³/mol. The molecule has 3 N–H and O–H groups in total. The highest BCUT2D eigenvalue weighted by Crippen LogP contribution is 2.29. The predicted octanol–water partition coefficient (Wildman–Crippen LogP) is 3.50. The zero-order valence-corrected chi connectivity index (χ0v) is 19.5. The number of unbranched alkanes of at least 4 members (excludes halogenated alkanes) is 1. The zero-order valence-electron chi connectivity index (χ0n) is 19.5. The number of benzene rings is 1. The van der Waals surface area contributed by atoms with Crippen LogP contribution in [-0.4, -0.2) is 52.6 Å². The number of nitrogens with zero attached hydrogens (tertiary/aromatic N) is 1. The average Bonchev–Trinajstić information content (AvgIpc) is 2.67. The molecular formula is C23H37N3O5. The molecular weight excluding hydrogens is 398 g/mol. The fourth-order valence-corrected chi connectivity index (χ4v) is 3.06. The summed E-state index contributed by atoms with van der Waals surface area (Å²) in [6.07, 6.45) is 1.60. The van der Waals surface area contributed by atoms with Crippen molar-refractivity contribution in [1.82, 2.24) is 15.5 Å². The molecule has 1 rings (SSSR count). The number of ether oxygens (including phenoxy) is 1. The molecule has 0 aliphatic carbocycles. The Balaban J connectivity index is 3.19. The van der Waals surface area contributed by atoms with Gasteiger partial charge in [-0.1, -0.05) is 38.5 Å². The van der Waals surface area contributed by atoms with Gasteiger partial charge in [-0.3, -0.25) is 9.59 Å². The van der Waals surface area contributed by atoms with E-state index in [0.29, 0.717) is 18.5 Å². The Morgan fingerprint density at radius 2 is 1.77 bits per heavy atom. The van der Waals surface area contributed by atoms with Crippen molar-refractivity contribution in [2.75, 3.05) is 13.1 Å². The van der Waals surface area contributed by atoms with Crippen molar-refractivity contribution in [3.8, 4) is 5.75 Å². The molecule has 3 amide bonds. The van der Waals surface area contributed by atoms with Crippen molar-refractivity contribution >= 4 is 17.9 Å². The van der Waals surface area contributed by atoms with E-state index < -0.39 is 29.7 Å². The van der Waals surface area contributed by atoms with Crippen molar-refractivity contribution < 1.29 is 24.2 Å². The molecule has 0 saturated heterocycles. The molecule has 0 fully saturated rings. The van der Waals surface area contributed by atoms with Crippen molar-refractivity contribution in [2.45, 2.75) is 78.5 Å². The second kappa shape index (κ2) is 12.2. The van der Waals surface area contributed by atoms with Crippen LogP contribution < -0.4 is 10.6 Å². The number of alkyl carbamates (subject to hydrolysis) is 1. The van der Waals surface area contributed by atoms with Gasteiger partial charge in [0.15, 0.2) is 0 Å². The number of nitrogens with one attached hydrogen (secondary N) is 2. The third-order valence-corrected chi connectivity index (χ3v) is 4.47. The van der Waals surface area contributed by atoms with Crippen LogP contribution in [0.15, 0.2) is 24.3 Å². The monoisotopic (exact) mass is 435 g/mol. The fraction of sp³-hybridized carbons (Fsp3) is 0.609. The lowest BCUT2D eigenvalue weighted by molar-refractivity contribution is -0.142. The van der Waals surface area contributed by atoms with Gasteiger partial charge in [0.1, 0.15) is 23.4 Å². The van der Waals surface area contributed by atoms with Crippen molar-refractivity contribution in [2.24, 2.45) is 0 Å². The third kappa shape index (κ3) is 8.47. The van der Waals surface area contributed by atoms with Gasteiger partial charge in [-0.25, -0.2) is 4.79 Å². The van der Waals surface area contributed by atoms with Crippen LogP contribution in [-0.2, 0) is 14.3 Å².